The molecular formula is C15H17BrFNS. The summed E-state index contributed by atoms with van der Waals surface area (Å²) in [6, 6.07) is 7.50. The molecular weight excluding hydrogens is 325 g/mol. The summed E-state index contributed by atoms with van der Waals surface area (Å²) in [5.41, 5.74) is 1.70. The average molecular weight is 342 g/mol. The summed E-state index contributed by atoms with van der Waals surface area (Å²) < 4.78 is 15.2. The molecule has 0 spiro atoms. The number of hydrogen-bond donors (Lipinski definition) is 1. The van der Waals surface area contributed by atoms with Crippen molar-refractivity contribution in [3.05, 3.63) is 55.9 Å². The van der Waals surface area contributed by atoms with Crippen LogP contribution in [0.5, 0.6) is 0 Å². The van der Waals surface area contributed by atoms with Gasteiger partial charge in [-0.05, 0) is 52.5 Å². The molecule has 1 aromatic heterocycles. The normalized spacial score (nSPS) is 12.6. The molecule has 0 amide bonds. The molecule has 0 aliphatic rings. The molecule has 1 N–H and O–H groups in total. The van der Waals surface area contributed by atoms with Crippen LogP contribution in [0.4, 0.5) is 4.39 Å². The first-order chi connectivity index (χ1) is 9.11. The highest BCUT2D eigenvalue weighted by Crippen LogP contribution is 2.29. The van der Waals surface area contributed by atoms with E-state index in [2.05, 4.69) is 21.2 Å². The number of benzene rings is 1. The maximum absolute atomic E-state index is 14.1. The van der Waals surface area contributed by atoms with Gasteiger partial charge < -0.3 is 5.32 Å². The first-order valence-corrected chi connectivity index (χ1v) is 8.00. The number of hydrogen-bond acceptors (Lipinski definition) is 2. The van der Waals surface area contributed by atoms with Crippen LogP contribution in [-0.4, -0.2) is 6.54 Å². The molecule has 1 aromatic carbocycles. The van der Waals surface area contributed by atoms with Gasteiger partial charge in [-0.25, -0.2) is 4.39 Å². The number of rotatable bonds is 5. The Balaban J connectivity index is 2.27. The monoisotopic (exact) mass is 341 g/mol. The van der Waals surface area contributed by atoms with Crippen molar-refractivity contribution >= 4 is 27.3 Å². The Bertz CT molecular complexity index is 553. The molecule has 102 valence electrons. The first kappa shape index (κ1) is 14.7. The summed E-state index contributed by atoms with van der Waals surface area (Å²) >= 11 is 5.24. The fourth-order valence-electron chi connectivity index (χ4n) is 2.11. The van der Waals surface area contributed by atoms with Crippen LogP contribution in [0, 0.1) is 12.7 Å². The van der Waals surface area contributed by atoms with E-state index in [1.165, 1.54) is 4.88 Å². The molecule has 19 heavy (non-hydrogen) atoms. The highest BCUT2D eigenvalue weighted by molar-refractivity contribution is 9.10. The molecule has 0 aliphatic carbocycles. The minimum Gasteiger partial charge on any atom is -0.310 e. The summed E-state index contributed by atoms with van der Waals surface area (Å²) in [6.45, 7) is 4.77. The lowest BCUT2D eigenvalue weighted by molar-refractivity contribution is 0.511. The minimum absolute atomic E-state index is 0.0144. The second kappa shape index (κ2) is 6.64. The Morgan fingerprint density at radius 1 is 1.37 bits per heavy atom. The third-order valence-corrected chi connectivity index (χ3v) is 5.01. The van der Waals surface area contributed by atoms with Crippen LogP contribution in [0.25, 0.3) is 0 Å². The second-order valence-corrected chi connectivity index (χ2v) is 6.39. The number of thiophene rings is 1. The molecule has 0 saturated heterocycles. The van der Waals surface area contributed by atoms with E-state index in [9.17, 15) is 4.39 Å². The fourth-order valence-corrected chi connectivity index (χ4v) is 3.67. The summed E-state index contributed by atoms with van der Waals surface area (Å²) in [5.74, 6) is -0.126. The van der Waals surface area contributed by atoms with Gasteiger partial charge in [-0.3, -0.25) is 0 Å². The van der Waals surface area contributed by atoms with Crippen molar-refractivity contribution in [3.8, 4) is 0 Å². The van der Waals surface area contributed by atoms with E-state index in [1.807, 2.05) is 37.4 Å². The van der Waals surface area contributed by atoms with Crippen molar-refractivity contribution in [2.24, 2.45) is 0 Å². The van der Waals surface area contributed by atoms with E-state index in [4.69, 9.17) is 0 Å². The number of aryl methyl sites for hydroxylation is 1. The van der Waals surface area contributed by atoms with Gasteiger partial charge in [0.2, 0.25) is 0 Å². The zero-order valence-electron chi connectivity index (χ0n) is 11.0. The maximum Gasteiger partial charge on any atom is 0.128 e. The van der Waals surface area contributed by atoms with Gasteiger partial charge in [0.15, 0.2) is 0 Å². The first-order valence-electron chi connectivity index (χ1n) is 6.33. The van der Waals surface area contributed by atoms with Crippen molar-refractivity contribution in [1.82, 2.24) is 5.32 Å². The van der Waals surface area contributed by atoms with Gasteiger partial charge in [0, 0.05) is 27.4 Å². The fraction of sp³-hybridized carbons (Fsp3) is 0.333. The highest BCUT2D eigenvalue weighted by atomic mass is 79.9. The van der Waals surface area contributed by atoms with Crippen molar-refractivity contribution < 1.29 is 4.39 Å². The van der Waals surface area contributed by atoms with E-state index in [1.54, 1.807) is 17.4 Å². The molecule has 0 aliphatic heterocycles. The van der Waals surface area contributed by atoms with Gasteiger partial charge >= 0.3 is 0 Å². The molecule has 4 heteroatoms. The molecule has 0 bridgehead atoms. The smallest absolute Gasteiger partial charge is 0.128 e. The molecule has 0 fully saturated rings. The molecule has 1 heterocycles. The molecule has 0 radical (unpaired) electrons. The second-order valence-electron chi connectivity index (χ2n) is 4.53. The summed E-state index contributed by atoms with van der Waals surface area (Å²) in [6.07, 6.45) is 0.798. The molecule has 2 rings (SSSR count). The predicted molar refractivity (Wildman–Crippen MR) is 83.3 cm³/mol. The van der Waals surface area contributed by atoms with Crippen molar-refractivity contribution in [2.45, 2.75) is 26.3 Å². The van der Waals surface area contributed by atoms with Gasteiger partial charge in [-0.2, -0.15) is 0 Å². The summed E-state index contributed by atoms with van der Waals surface area (Å²) in [4.78, 5) is 1.24. The van der Waals surface area contributed by atoms with Gasteiger partial charge in [0.25, 0.3) is 0 Å². The Kier molecular flexibility index (Phi) is 5.13. The SMILES string of the molecule is CCNC(Cc1sccc1Br)c1ccc(C)cc1F. The predicted octanol–water partition coefficient (Wildman–Crippen LogP) is 4.85. The largest absolute Gasteiger partial charge is 0.310 e. The molecule has 1 unspecified atom stereocenters. The van der Waals surface area contributed by atoms with Gasteiger partial charge in [0.05, 0.1) is 0 Å². The lowest BCUT2D eigenvalue weighted by Crippen LogP contribution is -2.23. The van der Waals surface area contributed by atoms with E-state index in [0.29, 0.717) is 0 Å². The lowest BCUT2D eigenvalue weighted by atomic mass is 10.0. The van der Waals surface area contributed by atoms with Crippen molar-refractivity contribution in [3.63, 3.8) is 0 Å². The quantitative estimate of drug-likeness (QED) is 0.819. The Morgan fingerprint density at radius 2 is 2.16 bits per heavy atom. The number of halogens is 2. The molecule has 1 nitrogen and oxygen atoms in total. The highest BCUT2D eigenvalue weighted by Gasteiger charge is 2.17. The van der Waals surface area contributed by atoms with Crippen LogP contribution in [0.1, 0.15) is 29.0 Å². The molecule has 2 aromatic rings. The Labute approximate surface area is 126 Å². The molecule has 1 atom stereocenters. The van der Waals surface area contributed by atoms with Crippen LogP contribution in [0.15, 0.2) is 34.1 Å². The zero-order chi connectivity index (χ0) is 13.8. The van der Waals surface area contributed by atoms with Gasteiger partial charge in [-0.15, -0.1) is 11.3 Å². The Morgan fingerprint density at radius 3 is 2.74 bits per heavy atom. The van der Waals surface area contributed by atoms with Crippen LogP contribution >= 0.6 is 27.3 Å². The lowest BCUT2D eigenvalue weighted by Gasteiger charge is -2.19. The van der Waals surface area contributed by atoms with Crippen LogP contribution in [0.2, 0.25) is 0 Å². The standard InChI is InChI=1S/C15H17BrFNS/c1-3-18-14(9-15-12(16)6-7-19-15)11-5-4-10(2)8-13(11)17/h4-8,14,18H,3,9H2,1-2H3. The average Bonchev–Trinajstić information content (AvgIpc) is 2.75. The third-order valence-electron chi connectivity index (χ3n) is 3.06. The van der Waals surface area contributed by atoms with E-state index >= 15 is 0 Å². The van der Waals surface area contributed by atoms with Gasteiger partial charge in [-0.1, -0.05) is 19.1 Å². The number of likely N-dealkylation sites (N-methyl/N-ethyl adjacent to an activating group) is 1. The minimum atomic E-state index is -0.126. The maximum atomic E-state index is 14.1. The van der Waals surface area contributed by atoms with E-state index < -0.39 is 0 Å². The zero-order valence-corrected chi connectivity index (χ0v) is 13.4. The van der Waals surface area contributed by atoms with Crippen molar-refractivity contribution in [1.29, 1.82) is 0 Å². The van der Waals surface area contributed by atoms with Crippen LogP contribution in [-0.2, 0) is 6.42 Å². The van der Waals surface area contributed by atoms with Crippen molar-refractivity contribution in [2.75, 3.05) is 6.54 Å². The Hall–Kier alpha value is -0.710. The third kappa shape index (κ3) is 3.65. The van der Waals surface area contributed by atoms with Gasteiger partial charge in [0.1, 0.15) is 5.82 Å². The van der Waals surface area contributed by atoms with E-state index in [0.717, 1.165) is 28.6 Å². The number of nitrogens with one attached hydrogen (secondary N) is 1. The van der Waals surface area contributed by atoms with Crippen LogP contribution in [0.3, 0.4) is 0 Å². The van der Waals surface area contributed by atoms with E-state index in [-0.39, 0.29) is 11.9 Å². The topological polar surface area (TPSA) is 12.0 Å². The van der Waals surface area contributed by atoms with Crippen LogP contribution < -0.4 is 5.32 Å². The molecule has 0 saturated carbocycles. The summed E-state index contributed by atoms with van der Waals surface area (Å²) in [7, 11) is 0. The summed E-state index contributed by atoms with van der Waals surface area (Å²) in [5, 5.41) is 5.42.